The highest BCUT2D eigenvalue weighted by Crippen LogP contribution is 2.06. The fourth-order valence-electron chi connectivity index (χ4n) is 1.74. The third-order valence-electron chi connectivity index (χ3n) is 2.60. The molecule has 104 valence electrons. The van der Waals surface area contributed by atoms with Crippen molar-refractivity contribution in [1.29, 1.82) is 0 Å². The van der Waals surface area contributed by atoms with Gasteiger partial charge in [-0.15, -0.1) is 0 Å². The Labute approximate surface area is 113 Å². The largest absolute Gasteiger partial charge is 0.467 e. The van der Waals surface area contributed by atoms with Crippen LogP contribution in [0.4, 0.5) is 0 Å². The van der Waals surface area contributed by atoms with Crippen molar-refractivity contribution in [3.63, 3.8) is 0 Å². The summed E-state index contributed by atoms with van der Waals surface area (Å²) in [6.07, 6.45) is 2.35. The van der Waals surface area contributed by atoms with Crippen molar-refractivity contribution in [1.82, 2.24) is 10.3 Å². The number of carbonyl (C=O) groups excluding carboxylic acids is 2. The van der Waals surface area contributed by atoms with Crippen LogP contribution in [0.15, 0.2) is 24.4 Å². The number of hydrogen-bond donors (Lipinski definition) is 1. The molecule has 1 amide bonds. The predicted molar refractivity (Wildman–Crippen MR) is 71.3 cm³/mol. The first-order valence-corrected chi connectivity index (χ1v) is 6.30. The summed E-state index contributed by atoms with van der Waals surface area (Å²) in [4.78, 5) is 27.5. The Hall–Kier alpha value is -1.91. The molecular weight excluding hydrogens is 244 g/mol. The Morgan fingerprint density at radius 3 is 2.63 bits per heavy atom. The Morgan fingerprint density at radius 2 is 2.11 bits per heavy atom. The van der Waals surface area contributed by atoms with E-state index in [0.717, 1.165) is 0 Å². The van der Waals surface area contributed by atoms with Crippen molar-refractivity contribution in [2.24, 2.45) is 5.92 Å². The van der Waals surface area contributed by atoms with Gasteiger partial charge in [-0.2, -0.15) is 0 Å². The quantitative estimate of drug-likeness (QED) is 0.787. The van der Waals surface area contributed by atoms with E-state index in [0.29, 0.717) is 18.0 Å². The van der Waals surface area contributed by atoms with Crippen molar-refractivity contribution >= 4 is 11.9 Å². The van der Waals surface area contributed by atoms with Crippen molar-refractivity contribution in [2.45, 2.75) is 32.7 Å². The maximum Gasteiger partial charge on any atom is 0.328 e. The third-order valence-corrected chi connectivity index (χ3v) is 2.60. The number of ether oxygens (including phenoxy) is 1. The van der Waals surface area contributed by atoms with Gasteiger partial charge in [0.05, 0.1) is 13.5 Å². The van der Waals surface area contributed by atoms with E-state index >= 15 is 0 Å². The van der Waals surface area contributed by atoms with E-state index in [4.69, 9.17) is 4.74 Å². The standard InChI is InChI=1S/C14H20N2O3/c1-10(2)8-12(14(18)19-3)16-13(17)9-11-6-4-5-7-15-11/h4-7,10,12H,8-9H2,1-3H3,(H,16,17). The fourth-order valence-corrected chi connectivity index (χ4v) is 1.74. The lowest BCUT2D eigenvalue weighted by molar-refractivity contribution is -0.145. The Balaban J connectivity index is 2.58. The van der Waals surface area contributed by atoms with E-state index < -0.39 is 12.0 Å². The highest BCUT2D eigenvalue weighted by molar-refractivity contribution is 5.85. The number of pyridine rings is 1. The van der Waals surface area contributed by atoms with Crippen LogP contribution in [0.25, 0.3) is 0 Å². The number of hydrogen-bond acceptors (Lipinski definition) is 4. The minimum Gasteiger partial charge on any atom is -0.467 e. The summed E-state index contributed by atoms with van der Waals surface area (Å²) in [5, 5.41) is 2.69. The molecule has 0 spiro atoms. The molecule has 1 N–H and O–H groups in total. The summed E-state index contributed by atoms with van der Waals surface area (Å²) < 4.78 is 4.70. The molecule has 0 aliphatic rings. The first-order valence-electron chi connectivity index (χ1n) is 6.30. The number of nitrogens with zero attached hydrogens (tertiary/aromatic N) is 1. The van der Waals surface area contributed by atoms with Crippen LogP contribution in [0.1, 0.15) is 26.0 Å². The second-order valence-electron chi connectivity index (χ2n) is 4.77. The summed E-state index contributed by atoms with van der Waals surface area (Å²) in [5.74, 6) is -0.350. The molecule has 1 rings (SSSR count). The minimum absolute atomic E-state index is 0.159. The number of methoxy groups -OCH3 is 1. The second kappa shape index (κ2) is 7.51. The zero-order valence-corrected chi connectivity index (χ0v) is 11.6. The molecule has 0 aliphatic carbocycles. The van der Waals surface area contributed by atoms with E-state index in [1.54, 1.807) is 18.3 Å². The van der Waals surface area contributed by atoms with E-state index in [1.807, 2.05) is 19.9 Å². The monoisotopic (exact) mass is 264 g/mol. The molecule has 0 bridgehead atoms. The number of carbonyl (C=O) groups is 2. The number of aromatic nitrogens is 1. The van der Waals surface area contributed by atoms with Gasteiger partial charge in [0.25, 0.3) is 0 Å². The van der Waals surface area contributed by atoms with Gasteiger partial charge in [0.1, 0.15) is 6.04 Å². The van der Waals surface area contributed by atoms with E-state index in [1.165, 1.54) is 7.11 Å². The topological polar surface area (TPSA) is 68.3 Å². The second-order valence-corrected chi connectivity index (χ2v) is 4.77. The molecule has 19 heavy (non-hydrogen) atoms. The van der Waals surface area contributed by atoms with Crippen LogP contribution in [0.5, 0.6) is 0 Å². The molecule has 0 saturated carbocycles. The molecule has 1 unspecified atom stereocenters. The highest BCUT2D eigenvalue weighted by atomic mass is 16.5. The summed E-state index contributed by atoms with van der Waals surface area (Å²) in [6.45, 7) is 3.97. The maximum absolute atomic E-state index is 11.9. The first-order chi connectivity index (χ1) is 9.02. The van der Waals surface area contributed by atoms with Gasteiger partial charge >= 0.3 is 5.97 Å². The number of nitrogens with one attached hydrogen (secondary N) is 1. The minimum atomic E-state index is -0.596. The maximum atomic E-state index is 11.9. The van der Waals surface area contributed by atoms with Crippen molar-refractivity contribution < 1.29 is 14.3 Å². The summed E-state index contributed by atoms with van der Waals surface area (Å²) in [7, 11) is 1.32. The highest BCUT2D eigenvalue weighted by Gasteiger charge is 2.22. The average molecular weight is 264 g/mol. The smallest absolute Gasteiger partial charge is 0.328 e. The molecule has 0 aliphatic heterocycles. The lowest BCUT2D eigenvalue weighted by Gasteiger charge is -2.18. The summed E-state index contributed by atoms with van der Waals surface area (Å²) in [6, 6.07) is 4.79. The molecular formula is C14H20N2O3. The van der Waals surface area contributed by atoms with E-state index in [-0.39, 0.29) is 12.3 Å². The zero-order valence-electron chi connectivity index (χ0n) is 11.6. The number of rotatable bonds is 6. The van der Waals surface area contributed by atoms with Crippen LogP contribution in [-0.4, -0.2) is 30.0 Å². The SMILES string of the molecule is COC(=O)C(CC(C)C)NC(=O)Cc1ccccn1. The van der Waals surface area contributed by atoms with Crippen molar-refractivity contribution in [3.05, 3.63) is 30.1 Å². The molecule has 1 atom stereocenters. The van der Waals surface area contributed by atoms with Crippen LogP contribution < -0.4 is 5.32 Å². The molecule has 0 aromatic carbocycles. The van der Waals surface area contributed by atoms with Crippen LogP contribution in [0, 0.1) is 5.92 Å². The Kier molecular flexibility index (Phi) is 5.99. The van der Waals surface area contributed by atoms with Gasteiger partial charge in [-0.3, -0.25) is 9.78 Å². The average Bonchev–Trinajstić information content (AvgIpc) is 2.37. The van der Waals surface area contributed by atoms with Crippen molar-refractivity contribution in [2.75, 3.05) is 7.11 Å². The molecule has 0 radical (unpaired) electrons. The van der Waals surface area contributed by atoms with Crippen LogP contribution in [-0.2, 0) is 20.7 Å². The van der Waals surface area contributed by atoms with E-state index in [2.05, 4.69) is 10.3 Å². The van der Waals surface area contributed by atoms with Gasteiger partial charge in [-0.05, 0) is 24.5 Å². The summed E-state index contributed by atoms with van der Waals surface area (Å²) in [5.41, 5.74) is 0.674. The van der Waals surface area contributed by atoms with Gasteiger partial charge < -0.3 is 10.1 Å². The normalized spacial score (nSPS) is 12.0. The molecule has 1 aromatic rings. The molecule has 0 fully saturated rings. The summed E-state index contributed by atoms with van der Waals surface area (Å²) >= 11 is 0. The van der Waals surface area contributed by atoms with Gasteiger partial charge in [0, 0.05) is 11.9 Å². The van der Waals surface area contributed by atoms with Crippen LogP contribution in [0.3, 0.4) is 0 Å². The number of amides is 1. The Bertz CT molecular complexity index is 418. The fraction of sp³-hybridized carbons (Fsp3) is 0.500. The third kappa shape index (κ3) is 5.50. The zero-order chi connectivity index (χ0) is 14.3. The van der Waals surface area contributed by atoms with Crippen LogP contribution in [0.2, 0.25) is 0 Å². The van der Waals surface area contributed by atoms with Crippen molar-refractivity contribution in [3.8, 4) is 0 Å². The van der Waals surface area contributed by atoms with Gasteiger partial charge in [-0.25, -0.2) is 4.79 Å². The van der Waals surface area contributed by atoms with Gasteiger partial charge in [-0.1, -0.05) is 19.9 Å². The van der Waals surface area contributed by atoms with E-state index in [9.17, 15) is 9.59 Å². The predicted octanol–water partition coefficient (Wildman–Crippen LogP) is 1.33. The molecule has 5 heteroatoms. The Morgan fingerprint density at radius 1 is 1.37 bits per heavy atom. The van der Waals surface area contributed by atoms with Gasteiger partial charge in [0.2, 0.25) is 5.91 Å². The lowest BCUT2D eigenvalue weighted by Crippen LogP contribution is -2.43. The van der Waals surface area contributed by atoms with Crippen LogP contribution >= 0.6 is 0 Å². The first kappa shape index (κ1) is 15.1. The lowest BCUT2D eigenvalue weighted by atomic mass is 10.0. The molecule has 1 heterocycles. The molecule has 5 nitrogen and oxygen atoms in total. The molecule has 0 saturated heterocycles. The van der Waals surface area contributed by atoms with Gasteiger partial charge in [0.15, 0.2) is 0 Å². The molecule has 1 aromatic heterocycles. The number of esters is 1.